The van der Waals surface area contributed by atoms with Gasteiger partial charge in [-0.05, 0) is 92.6 Å². The minimum atomic E-state index is -0.250. The second-order valence-corrected chi connectivity index (χ2v) is 12.1. The Kier molecular flexibility index (Phi) is 4.30. The van der Waals surface area contributed by atoms with Crippen molar-refractivity contribution in [1.82, 2.24) is 4.98 Å². The van der Waals surface area contributed by atoms with Crippen LogP contribution in [-0.4, -0.2) is 10.6 Å². The number of hydrogen-bond acceptors (Lipinski definition) is 4. The summed E-state index contributed by atoms with van der Waals surface area (Å²) in [4.78, 5) is 17.3. The Labute approximate surface area is 190 Å². The minimum Gasteiger partial charge on any atom is -0.487 e. The van der Waals surface area contributed by atoms with Crippen LogP contribution in [0.1, 0.15) is 71.8 Å². The lowest BCUT2D eigenvalue weighted by Crippen LogP contribution is -2.63. The molecule has 0 saturated heterocycles. The number of nitrogens with zero attached hydrogens (tertiary/aromatic N) is 1. The lowest BCUT2D eigenvalue weighted by molar-refractivity contribution is -0.180. The van der Waals surface area contributed by atoms with Crippen molar-refractivity contribution in [2.75, 3.05) is 0 Å². The molecular formula is C28H35NO3. The van der Waals surface area contributed by atoms with Gasteiger partial charge >= 0.3 is 5.63 Å². The molecule has 0 N–H and O–H groups in total. The Hall–Kier alpha value is -2.10. The van der Waals surface area contributed by atoms with Crippen molar-refractivity contribution < 1.29 is 9.15 Å². The summed E-state index contributed by atoms with van der Waals surface area (Å²) in [6, 6.07) is 5.68. The summed E-state index contributed by atoms with van der Waals surface area (Å²) >= 11 is 0. The zero-order valence-corrected chi connectivity index (χ0v) is 19.8. The van der Waals surface area contributed by atoms with Crippen LogP contribution in [-0.2, 0) is 6.42 Å². The molecule has 0 amide bonds. The lowest BCUT2D eigenvalue weighted by Gasteiger charge is -2.65. The highest BCUT2D eigenvalue weighted by Gasteiger charge is 2.63. The van der Waals surface area contributed by atoms with Gasteiger partial charge in [0.15, 0.2) is 0 Å². The number of aromatic nitrogens is 1. The van der Waals surface area contributed by atoms with E-state index in [0.717, 1.165) is 35.8 Å². The van der Waals surface area contributed by atoms with E-state index in [1.807, 2.05) is 18.2 Å². The average molecular weight is 434 g/mol. The van der Waals surface area contributed by atoms with Crippen molar-refractivity contribution >= 4 is 0 Å². The highest BCUT2D eigenvalue weighted by atomic mass is 16.5. The van der Waals surface area contributed by atoms with E-state index >= 15 is 0 Å². The van der Waals surface area contributed by atoms with Crippen molar-refractivity contribution in [3.05, 3.63) is 46.6 Å². The predicted molar refractivity (Wildman–Crippen MR) is 124 cm³/mol. The van der Waals surface area contributed by atoms with E-state index < -0.39 is 0 Å². The van der Waals surface area contributed by atoms with Crippen LogP contribution in [0.2, 0.25) is 0 Å². The third kappa shape index (κ3) is 2.87. The third-order valence-electron chi connectivity index (χ3n) is 10.0. The van der Waals surface area contributed by atoms with Crippen LogP contribution in [0.5, 0.6) is 5.75 Å². The maximum atomic E-state index is 13.1. The highest BCUT2D eigenvalue weighted by Crippen LogP contribution is 2.68. The number of ether oxygens (including phenoxy) is 1. The fourth-order valence-corrected chi connectivity index (χ4v) is 8.33. The molecule has 170 valence electrons. The van der Waals surface area contributed by atoms with E-state index in [1.54, 1.807) is 12.4 Å². The zero-order valence-electron chi connectivity index (χ0n) is 19.8. The van der Waals surface area contributed by atoms with Crippen molar-refractivity contribution in [3.8, 4) is 17.1 Å². The van der Waals surface area contributed by atoms with E-state index in [4.69, 9.17) is 9.15 Å². The Morgan fingerprint density at radius 2 is 1.84 bits per heavy atom. The first kappa shape index (κ1) is 20.5. The molecule has 2 aromatic heterocycles. The summed E-state index contributed by atoms with van der Waals surface area (Å²) < 4.78 is 12.5. The summed E-state index contributed by atoms with van der Waals surface area (Å²) in [5.41, 5.74) is 1.59. The van der Waals surface area contributed by atoms with Gasteiger partial charge in [-0.3, -0.25) is 4.98 Å². The summed E-state index contributed by atoms with van der Waals surface area (Å²) in [5.74, 6) is 4.08. The van der Waals surface area contributed by atoms with Gasteiger partial charge in [0.2, 0.25) is 0 Å². The van der Waals surface area contributed by atoms with Crippen LogP contribution in [0.3, 0.4) is 0 Å². The van der Waals surface area contributed by atoms with Crippen LogP contribution in [0.25, 0.3) is 11.3 Å². The van der Waals surface area contributed by atoms with E-state index in [2.05, 4.69) is 32.7 Å². The van der Waals surface area contributed by atoms with Crippen molar-refractivity contribution in [3.63, 3.8) is 0 Å². The summed E-state index contributed by atoms with van der Waals surface area (Å²) in [5, 5.41) is 0. The number of rotatable bonds is 2. The molecule has 4 aliphatic rings. The number of fused-ring (bicyclic) bond motifs is 4. The molecule has 4 heteroatoms. The molecule has 3 saturated carbocycles. The van der Waals surface area contributed by atoms with Gasteiger partial charge in [0.1, 0.15) is 17.1 Å². The maximum absolute atomic E-state index is 13.1. The van der Waals surface area contributed by atoms with E-state index in [9.17, 15) is 4.79 Å². The topological polar surface area (TPSA) is 52.3 Å². The molecule has 0 radical (unpaired) electrons. The van der Waals surface area contributed by atoms with Crippen molar-refractivity contribution in [1.29, 1.82) is 0 Å². The third-order valence-corrected chi connectivity index (χ3v) is 10.0. The molecule has 3 fully saturated rings. The fraction of sp³-hybridized carbons (Fsp3) is 0.643. The predicted octanol–water partition coefficient (Wildman–Crippen LogP) is 6.27. The molecule has 0 spiro atoms. The molecule has 3 aliphatic carbocycles. The van der Waals surface area contributed by atoms with Crippen molar-refractivity contribution in [2.24, 2.45) is 34.5 Å². The largest absolute Gasteiger partial charge is 0.487 e. The molecule has 6 rings (SSSR count). The Balaban J connectivity index is 1.39. The van der Waals surface area contributed by atoms with Gasteiger partial charge in [-0.25, -0.2) is 4.79 Å². The minimum absolute atomic E-state index is 0.189. The Morgan fingerprint density at radius 3 is 2.56 bits per heavy atom. The zero-order chi connectivity index (χ0) is 22.3. The second-order valence-electron chi connectivity index (χ2n) is 12.1. The lowest BCUT2D eigenvalue weighted by atomic mass is 9.42. The van der Waals surface area contributed by atoms with Gasteiger partial charge in [-0.2, -0.15) is 0 Å². The smallest absolute Gasteiger partial charge is 0.343 e. The quantitative estimate of drug-likeness (QED) is 0.560. The SMILES string of the molecule is CC1(C)C2CC[C@@]3(C)Oc4cc(-c5cccnc5)oc(=O)c4CC3[C@@]2(C)CC[C@@H]1C1CC1. The first-order valence-corrected chi connectivity index (χ1v) is 12.5. The molecule has 2 aromatic rings. The van der Waals surface area contributed by atoms with Crippen LogP contribution in [0, 0.1) is 34.5 Å². The van der Waals surface area contributed by atoms with Gasteiger partial charge < -0.3 is 9.15 Å². The van der Waals surface area contributed by atoms with Crippen LogP contribution >= 0.6 is 0 Å². The van der Waals surface area contributed by atoms with E-state index in [1.165, 1.54) is 32.1 Å². The van der Waals surface area contributed by atoms with E-state index in [-0.39, 0.29) is 16.6 Å². The molecular weight excluding hydrogens is 398 g/mol. The van der Waals surface area contributed by atoms with Gasteiger partial charge in [0, 0.05) is 29.9 Å². The fourth-order valence-electron chi connectivity index (χ4n) is 8.33. The number of hydrogen-bond donors (Lipinski definition) is 0. The summed E-state index contributed by atoms with van der Waals surface area (Å²) in [6.45, 7) is 9.87. The molecule has 2 unspecified atom stereocenters. The Bertz CT molecular complexity index is 1100. The van der Waals surface area contributed by atoms with Gasteiger partial charge in [0.05, 0.1) is 5.56 Å². The normalized spacial score (nSPS) is 37.6. The monoisotopic (exact) mass is 433 g/mol. The summed E-state index contributed by atoms with van der Waals surface area (Å²) in [6.07, 6.45) is 11.9. The standard InChI is InChI=1S/C28H35NO3/c1-26(2)20(17-7-8-17)9-11-27(3)23(26)10-12-28(4)24(27)14-19-22(32-28)15-21(31-25(19)30)18-6-5-13-29-16-18/h5-6,13,15-17,20,23-24H,7-12,14H2,1-4H3/t20-,23?,24?,27+,28-/m1/s1. The van der Waals surface area contributed by atoms with E-state index in [0.29, 0.717) is 28.8 Å². The molecule has 32 heavy (non-hydrogen) atoms. The second kappa shape index (κ2) is 6.71. The Morgan fingerprint density at radius 1 is 1.03 bits per heavy atom. The average Bonchev–Trinajstić information content (AvgIpc) is 3.57. The first-order valence-electron chi connectivity index (χ1n) is 12.5. The molecule has 0 bridgehead atoms. The summed E-state index contributed by atoms with van der Waals surface area (Å²) in [7, 11) is 0. The van der Waals surface area contributed by atoms with Gasteiger partial charge in [-0.15, -0.1) is 0 Å². The molecule has 0 aromatic carbocycles. The van der Waals surface area contributed by atoms with Crippen LogP contribution < -0.4 is 10.4 Å². The molecule has 1 aliphatic heterocycles. The molecule has 4 nitrogen and oxygen atoms in total. The molecule has 5 atom stereocenters. The maximum Gasteiger partial charge on any atom is 0.343 e. The van der Waals surface area contributed by atoms with Crippen LogP contribution in [0.15, 0.2) is 39.8 Å². The van der Waals surface area contributed by atoms with Gasteiger partial charge in [-0.1, -0.05) is 20.8 Å². The highest BCUT2D eigenvalue weighted by molar-refractivity contribution is 5.58. The first-order chi connectivity index (χ1) is 15.2. The number of pyridine rings is 1. The molecule has 3 heterocycles. The van der Waals surface area contributed by atoms with Crippen molar-refractivity contribution in [2.45, 2.75) is 78.2 Å². The van der Waals surface area contributed by atoms with Gasteiger partial charge in [0.25, 0.3) is 0 Å². The van der Waals surface area contributed by atoms with Crippen LogP contribution in [0.4, 0.5) is 0 Å².